The lowest BCUT2D eigenvalue weighted by Crippen LogP contribution is -2.07. The van der Waals surface area contributed by atoms with Crippen LogP contribution in [0.1, 0.15) is 17.8 Å². The summed E-state index contributed by atoms with van der Waals surface area (Å²) >= 11 is 0. The summed E-state index contributed by atoms with van der Waals surface area (Å²) in [5.41, 5.74) is 5.60. The Morgan fingerprint density at radius 3 is 2.74 bits per heavy atom. The summed E-state index contributed by atoms with van der Waals surface area (Å²) in [6.45, 7) is 0.716. The van der Waals surface area contributed by atoms with Gasteiger partial charge >= 0.3 is 6.18 Å². The predicted molar refractivity (Wildman–Crippen MR) is 63.2 cm³/mol. The van der Waals surface area contributed by atoms with Gasteiger partial charge in [-0.1, -0.05) is 0 Å². The average molecular weight is 268 g/mol. The van der Waals surface area contributed by atoms with Crippen molar-refractivity contribution in [2.24, 2.45) is 0 Å². The summed E-state index contributed by atoms with van der Waals surface area (Å²) in [4.78, 5) is 0. The minimum Gasteiger partial charge on any atom is -0.398 e. The molecule has 2 aromatic rings. The van der Waals surface area contributed by atoms with E-state index in [4.69, 9.17) is 5.73 Å². The Labute approximate surface area is 107 Å². The molecule has 4 nitrogen and oxygen atoms in total. The zero-order valence-electron chi connectivity index (χ0n) is 9.91. The molecule has 0 radical (unpaired) electrons. The summed E-state index contributed by atoms with van der Waals surface area (Å²) < 4.78 is 40.0. The fourth-order valence-electron chi connectivity index (χ4n) is 2.28. The lowest BCUT2D eigenvalue weighted by molar-refractivity contribution is -0.137. The quantitative estimate of drug-likeness (QED) is 0.808. The highest BCUT2D eigenvalue weighted by atomic mass is 19.4. The van der Waals surface area contributed by atoms with Crippen LogP contribution in [0.15, 0.2) is 18.2 Å². The van der Waals surface area contributed by atoms with Crippen molar-refractivity contribution in [1.29, 1.82) is 0 Å². The smallest absolute Gasteiger partial charge is 0.398 e. The van der Waals surface area contributed by atoms with Gasteiger partial charge in [0.1, 0.15) is 5.82 Å². The molecule has 0 atom stereocenters. The number of fused-ring (bicyclic) bond motifs is 1. The standard InChI is InChI=1S/C12H11F3N4/c13-12(14,15)7-3-4-9(16)8(6-7)11-18-17-10-2-1-5-19(10)11/h3-4,6H,1-2,5,16H2. The first kappa shape index (κ1) is 12.0. The van der Waals surface area contributed by atoms with Crippen LogP contribution in [0.4, 0.5) is 18.9 Å². The lowest BCUT2D eigenvalue weighted by atomic mass is 10.1. The molecule has 19 heavy (non-hydrogen) atoms. The molecule has 3 rings (SSSR count). The van der Waals surface area contributed by atoms with E-state index in [1.807, 2.05) is 4.57 Å². The molecule has 7 heteroatoms. The van der Waals surface area contributed by atoms with Crippen molar-refractivity contribution in [1.82, 2.24) is 14.8 Å². The highest BCUT2D eigenvalue weighted by molar-refractivity contribution is 5.72. The molecule has 0 saturated heterocycles. The molecule has 0 aliphatic carbocycles. The van der Waals surface area contributed by atoms with E-state index in [0.717, 1.165) is 30.8 Å². The molecule has 0 spiro atoms. The number of hydrogen-bond acceptors (Lipinski definition) is 3. The second-order valence-corrected chi connectivity index (χ2v) is 4.49. The molecule has 100 valence electrons. The first-order chi connectivity index (χ1) is 8.97. The van der Waals surface area contributed by atoms with Crippen LogP contribution in [0.25, 0.3) is 11.4 Å². The SMILES string of the molecule is Nc1ccc(C(F)(F)F)cc1-c1nnc2n1CCC2. The highest BCUT2D eigenvalue weighted by Crippen LogP contribution is 2.35. The first-order valence-electron chi connectivity index (χ1n) is 5.86. The molecule has 2 heterocycles. The maximum atomic E-state index is 12.7. The van der Waals surface area contributed by atoms with E-state index < -0.39 is 11.7 Å². The van der Waals surface area contributed by atoms with Crippen LogP contribution < -0.4 is 5.73 Å². The third-order valence-electron chi connectivity index (χ3n) is 3.23. The predicted octanol–water partition coefficient (Wildman–Crippen LogP) is 2.49. The third kappa shape index (κ3) is 1.94. The van der Waals surface area contributed by atoms with Crippen LogP contribution in [0, 0.1) is 0 Å². The van der Waals surface area contributed by atoms with Crippen LogP contribution in [0.3, 0.4) is 0 Å². The molecule has 1 aromatic carbocycles. The van der Waals surface area contributed by atoms with Gasteiger partial charge in [-0.25, -0.2) is 0 Å². The second kappa shape index (κ2) is 3.97. The number of anilines is 1. The molecule has 1 aliphatic rings. The van der Waals surface area contributed by atoms with Gasteiger partial charge in [0, 0.05) is 24.2 Å². The summed E-state index contributed by atoms with van der Waals surface area (Å²) in [7, 11) is 0. The molecular weight excluding hydrogens is 257 g/mol. The molecule has 0 fully saturated rings. The molecule has 0 bridgehead atoms. The Kier molecular flexibility index (Phi) is 2.51. The number of nitrogens with two attached hydrogens (primary N) is 1. The van der Waals surface area contributed by atoms with Crippen LogP contribution >= 0.6 is 0 Å². The van der Waals surface area contributed by atoms with Crippen LogP contribution in [-0.2, 0) is 19.1 Å². The summed E-state index contributed by atoms with van der Waals surface area (Å²) in [5, 5.41) is 7.94. The number of benzene rings is 1. The number of nitrogen functional groups attached to an aromatic ring is 1. The van der Waals surface area contributed by atoms with Crippen molar-refractivity contribution < 1.29 is 13.2 Å². The van der Waals surface area contributed by atoms with Gasteiger partial charge in [-0.2, -0.15) is 13.2 Å². The van der Waals surface area contributed by atoms with Gasteiger partial charge in [-0.15, -0.1) is 10.2 Å². The Balaban J connectivity index is 2.14. The van der Waals surface area contributed by atoms with Gasteiger partial charge < -0.3 is 10.3 Å². The lowest BCUT2D eigenvalue weighted by Gasteiger charge is -2.11. The summed E-state index contributed by atoms with van der Waals surface area (Å²) in [6, 6.07) is 3.26. The van der Waals surface area contributed by atoms with Crippen molar-refractivity contribution in [3.05, 3.63) is 29.6 Å². The zero-order valence-corrected chi connectivity index (χ0v) is 9.91. The second-order valence-electron chi connectivity index (χ2n) is 4.49. The number of aryl methyl sites for hydroxylation is 1. The monoisotopic (exact) mass is 268 g/mol. The Hall–Kier alpha value is -2.05. The fourth-order valence-corrected chi connectivity index (χ4v) is 2.28. The van der Waals surface area contributed by atoms with Gasteiger partial charge in [-0.3, -0.25) is 0 Å². The van der Waals surface area contributed by atoms with Crippen molar-refractivity contribution in [3.8, 4) is 11.4 Å². The van der Waals surface area contributed by atoms with Gasteiger partial charge in [0.15, 0.2) is 5.82 Å². The van der Waals surface area contributed by atoms with Crippen molar-refractivity contribution >= 4 is 5.69 Å². The molecule has 0 saturated carbocycles. The van der Waals surface area contributed by atoms with E-state index in [0.29, 0.717) is 12.4 Å². The normalized spacial score (nSPS) is 14.7. The van der Waals surface area contributed by atoms with E-state index in [9.17, 15) is 13.2 Å². The van der Waals surface area contributed by atoms with Crippen LogP contribution in [0.5, 0.6) is 0 Å². The van der Waals surface area contributed by atoms with E-state index in [1.54, 1.807) is 0 Å². The molecule has 2 N–H and O–H groups in total. The Morgan fingerprint density at radius 2 is 2.00 bits per heavy atom. The Morgan fingerprint density at radius 1 is 1.21 bits per heavy atom. The number of aromatic nitrogens is 3. The van der Waals surface area contributed by atoms with Crippen molar-refractivity contribution in [3.63, 3.8) is 0 Å². The van der Waals surface area contributed by atoms with Crippen LogP contribution in [-0.4, -0.2) is 14.8 Å². The maximum absolute atomic E-state index is 12.7. The summed E-state index contributed by atoms with van der Waals surface area (Å²) in [6.07, 6.45) is -2.67. The van der Waals surface area contributed by atoms with Crippen LogP contribution in [0.2, 0.25) is 0 Å². The van der Waals surface area contributed by atoms with Crippen molar-refractivity contribution in [2.75, 3.05) is 5.73 Å². The van der Waals surface area contributed by atoms with Gasteiger partial charge in [0.25, 0.3) is 0 Å². The number of nitrogens with zero attached hydrogens (tertiary/aromatic N) is 3. The molecule has 0 amide bonds. The zero-order chi connectivity index (χ0) is 13.6. The van der Waals surface area contributed by atoms with E-state index in [-0.39, 0.29) is 11.3 Å². The summed E-state index contributed by atoms with van der Waals surface area (Å²) in [5.74, 6) is 1.21. The Bertz CT molecular complexity index is 630. The van der Waals surface area contributed by atoms with Gasteiger partial charge in [0.2, 0.25) is 0 Å². The van der Waals surface area contributed by atoms with Crippen molar-refractivity contribution in [2.45, 2.75) is 25.6 Å². The topological polar surface area (TPSA) is 56.7 Å². The minimum absolute atomic E-state index is 0.273. The van der Waals surface area contributed by atoms with E-state index >= 15 is 0 Å². The van der Waals surface area contributed by atoms with Gasteiger partial charge in [-0.05, 0) is 24.6 Å². The van der Waals surface area contributed by atoms with E-state index in [2.05, 4.69) is 10.2 Å². The number of rotatable bonds is 1. The fraction of sp³-hybridized carbons (Fsp3) is 0.333. The van der Waals surface area contributed by atoms with E-state index in [1.165, 1.54) is 6.07 Å². The molecule has 1 aromatic heterocycles. The average Bonchev–Trinajstić information content (AvgIpc) is 2.90. The molecular formula is C12H11F3N4. The highest BCUT2D eigenvalue weighted by Gasteiger charge is 2.31. The molecule has 0 unspecified atom stereocenters. The first-order valence-corrected chi connectivity index (χ1v) is 5.86. The third-order valence-corrected chi connectivity index (χ3v) is 3.23. The number of halogens is 3. The van der Waals surface area contributed by atoms with Gasteiger partial charge in [0.05, 0.1) is 5.56 Å². The maximum Gasteiger partial charge on any atom is 0.416 e. The molecule has 1 aliphatic heterocycles. The minimum atomic E-state index is -4.39. The number of alkyl halides is 3. The number of hydrogen-bond donors (Lipinski definition) is 1. The largest absolute Gasteiger partial charge is 0.416 e.